The summed E-state index contributed by atoms with van der Waals surface area (Å²) in [5.41, 5.74) is 1.98. The van der Waals surface area contributed by atoms with Crippen LogP contribution in [0.2, 0.25) is 0 Å². The number of carbonyl (C=O) groups excluding carboxylic acids is 1. The SMILES string of the molecule is Cc1nn(C)cc1CNC(=O)C(C)CCl. The number of nitrogens with one attached hydrogen (secondary N) is 1. The molecule has 1 aromatic heterocycles. The van der Waals surface area contributed by atoms with Crippen LogP contribution in [0.15, 0.2) is 6.20 Å². The molecule has 0 bridgehead atoms. The molecule has 1 N–H and O–H groups in total. The average Bonchev–Trinajstić information content (AvgIpc) is 2.52. The van der Waals surface area contributed by atoms with Gasteiger partial charge in [-0.05, 0) is 6.92 Å². The maximum atomic E-state index is 11.4. The van der Waals surface area contributed by atoms with E-state index in [2.05, 4.69) is 10.4 Å². The summed E-state index contributed by atoms with van der Waals surface area (Å²) < 4.78 is 1.74. The number of rotatable bonds is 4. The Bertz CT molecular complexity index is 348. The second-order valence-electron chi connectivity index (χ2n) is 3.69. The minimum Gasteiger partial charge on any atom is -0.352 e. The highest BCUT2D eigenvalue weighted by Crippen LogP contribution is 2.05. The van der Waals surface area contributed by atoms with Crippen LogP contribution in [0.5, 0.6) is 0 Å². The summed E-state index contributed by atoms with van der Waals surface area (Å²) in [6.45, 7) is 4.24. The van der Waals surface area contributed by atoms with Crippen LogP contribution in [0.25, 0.3) is 0 Å². The van der Waals surface area contributed by atoms with Crippen molar-refractivity contribution in [3.8, 4) is 0 Å². The third kappa shape index (κ3) is 3.23. The molecule has 1 atom stereocenters. The second kappa shape index (κ2) is 5.16. The van der Waals surface area contributed by atoms with Crippen LogP contribution in [0.4, 0.5) is 0 Å². The first-order chi connectivity index (χ1) is 7.04. The van der Waals surface area contributed by atoms with E-state index in [1.807, 2.05) is 20.2 Å². The first kappa shape index (κ1) is 12.0. The van der Waals surface area contributed by atoms with Crippen LogP contribution >= 0.6 is 11.6 Å². The van der Waals surface area contributed by atoms with Gasteiger partial charge >= 0.3 is 0 Å². The fourth-order valence-electron chi connectivity index (χ4n) is 1.25. The van der Waals surface area contributed by atoms with Crippen molar-refractivity contribution in [1.82, 2.24) is 15.1 Å². The Morgan fingerprint density at radius 3 is 2.87 bits per heavy atom. The summed E-state index contributed by atoms with van der Waals surface area (Å²) >= 11 is 5.59. The van der Waals surface area contributed by atoms with E-state index in [-0.39, 0.29) is 11.8 Å². The highest BCUT2D eigenvalue weighted by Gasteiger charge is 2.11. The van der Waals surface area contributed by atoms with Gasteiger partial charge in [0.15, 0.2) is 0 Å². The lowest BCUT2D eigenvalue weighted by molar-refractivity contribution is -0.124. The van der Waals surface area contributed by atoms with Gasteiger partial charge in [0, 0.05) is 37.2 Å². The molecule has 1 rings (SSSR count). The van der Waals surface area contributed by atoms with Crippen molar-refractivity contribution >= 4 is 17.5 Å². The molecule has 0 aliphatic carbocycles. The standard InChI is InChI=1S/C10H16ClN3O/c1-7(4-11)10(15)12-5-9-6-14(3)13-8(9)2/h6-7H,4-5H2,1-3H3,(H,12,15). The molecule has 0 fully saturated rings. The normalized spacial score (nSPS) is 12.5. The van der Waals surface area contributed by atoms with Gasteiger partial charge in [-0.1, -0.05) is 6.92 Å². The Labute approximate surface area is 94.6 Å². The lowest BCUT2D eigenvalue weighted by atomic mass is 10.2. The molecule has 0 aliphatic rings. The summed E-state index contributed by atoms with van der Waals surface area (Å²) in [7, 11) is 1.86. The Hall–Kier alpha value is -1.03. The maximum absolute atomic E-state index is 11.4. The quantitative estimate of drug-likeness (QED) is 0.790. The van der Waals surface area contributed by atoms with Gasteiger partial charge in [0.05, 0.1) is 5.69 Å². The molecule has 5 heteroatoms. The Morgan fingerprint density at radius 1 is 1.73 bits per heavy atom. The van der Waals surface area contributed by atoms with Crippen molar-refractivity contribution in [1.29, 1.82) is 0 Å². The summed E-state index contributed by atoms with van der Waals surface area (Å²) in [4.78, 5) is 11.4. The van der Waals surface area contributed by atoms with Gasteiger partial charge in [-0.2, -0.15) is 5.10 Å². The van der Waals surface area contributed by atoms with Crippen LogP contribution in [0, 0.1) is 12.8 Å². The molecule has 4 nitrogen and oxygen atoms in total. The largest absolute Gasteiger partial charge is 0.352 e. The van der Waals surface area contributed by atoms with E-state index in [0.29, 0.717) is 12.4 Å². The summed E-state index contributed by atoms with van der Waals surface area (Å²) in [5.74, 6) is 0.176. The van der Waals surface area contributed by atoms with Crippen LogP contribution in [0.3, 0.4) is 0 Å². The van der Waals surface area contributed by atoms with E-state index in [0.717, 1.165) is 11.3 Å². The smallest absolute Gasteiger partial charge is 0.224 e. The Morgan fingerprint density at radius 2 is 2.40 bits per heavy atom. The third-order valence-corrected chi connectivity index (χ3v) is 2.71. The maximum Gasteiger partial charge on any atom is 0.224 e. The average molecular weight is 230 g/mol. The number of hydrogen-bond donors (Lipinski definition) is 1. The molecule has 1 heterocycles. The second-order valence-corrected chi connectivity index (χ2v) is 4.00. The zero-order chi connectivity index (χ0) is 11.4. The number of carbonyl (C=O) groups is 1. The van der Waals surface area contributed by atoms with E-state index >= 15 is 0 Å². The number of hydrogen-bond acceptors (Lipinski definition) is 2. The summed E-state index contributed by atoms with van der Waals surface area (Å²) in [6, 6.07) is 0. The summed E-state index contributed by atoms with van der Waals surface area (Å²) in [5, 5.41) is 7.02. The molecule has 0 saturated heterocycles. The highest BCUT2D eigenvalue weighted by molar-refractivity contribution is 6.19. The minimum atomic E-state index is -0.149. The molecule has 0 radical (unpaired) electrons. The van der Waals surface area contributed by atoms with Gasteiger partial charge < -0.3 is 5.32 Å². The van der Waals surface area contributed by atoms with E-state index in [9.17, 15) is 4.79 Å². The Kier molecular flexibility index (Phi) is 4.15. The number of nitrogens with zero attached hydrogens (tertiary/aromatic N) is 2. The molecule has 1 unspecified atom stereocenters. The molecule has 0 aromatic carbocycles. The molecule has 0 spiro atoms. The predicted octanol–water partition coefficient (Wildman–Crippen LogP) is 1.22. The van der Waals surface area contributed by atoms with Crippen LogP contribution < -0.4 is 5.32 Å². The molecule has 1 amide bonds. The van der Waals surface area contributed by atoms with Gasteiger partial charge in [0.1, 0.15) is 0 Å². The number of alkyl halides is 1. The topological polar surface area (TPSA) is 46.9 Å². The molecule has 0 saturated carbocycles. The lowest BCUT2D eigenvalue weighted by Crippen LogP contribution is -2.29. The first-order valence-corrected chi connectivity index (χ1v) is 5.40. The van der Waals surface area contributed by atoms with Gasteiger partial charge in [-0.3, -0.25) is 9.48 Å². The molecular formula is C10H16ClN3O. The van der Waals surface area contributed by atoms with Crippen LogP contribution in [-0.2, 0) is 18.4 Å². The summed E-state index contributed by atoms with van der Waals surface area (Å²) in [6.07, 6.45) is 1.90. The molecule has 0 aliphatic heterocycles. The Balaban J connectivity index is 2.50. The molecule has 15 heavy (non-hydrogen) atoms. The van der Waals surface area contributed by atoms with E-state index in [4.69, 9.17) is 11.6 Å². The molecule has 1 aromatic rings. The van der Waals surface area contributed by atoms with Crippen molar-refractivity contribution in [2.24, 2.45) is 13.0 Å². The van der Waals surface area contributed by atoms with Crippen molar-refractivity contribution in [2.45, 2.75) is 20.4 Å². The zero-order valence-corrected chi connectivity index (χ0v) is 10.0. The zero-order valence-electron chi connectivity index (χ0n) is 9.25. The highest BCUT2D eigenvalue weighted by atomic mass is 35.5. The lowest BCUT2D eigenvalue weighted by Gasteiger charge is -2.08. The van der Waals surface area contributed by atoms with E-state index in [1.54, 1.807) is 11.6 Å². The van der Waals surface area contributed by atoms with Gasteiger partial charge in [0.25, 0.3) is 0 Å². The third-order valence-electron chi connectivity index (χ3n) is 2.25. The van der Waals surface area contributed by atoms with E-state index in [1.165, 1.54) is 0 Å². The fourth-order valence-corrected chi connectivity index (χ4v) is 1.39. The fraction of sp³-hybridized carbons (Fsp3) is 0.600. The monoisotopic (exact) mass is 229 g/mol. The van der Waals surface area contributed by atoms with Crippen molar-refractivity contribution in [2.75, 3.05) is 5.88 Å². The first-order valence-electron chi connectivity index (χ1n) is 4.87. The number of aryl methyl sites for hydroxylation is 2. The van der Waals surface area contributed by atoms with E-state index < -0.39 is 0 Å². The van der Waals surface area contributed by atoms with Gasteiger partial charge in [-0.25, -0.2) is 0 Å². The van der Waals surface area contributed by atoms with Crippen molar-refractivity contribution < 1.29 is 4.79 Å². The van der Waals surface area contributed by atoms with Crippen molar-refractivity contribution in [3.05, 3.63) is 17.5 Å². The number of halogens is 1. The van der Waals surface area contributed by atoms with Crippen LogP contribution in [0.1, 0.15) is 18.2 Å². The minimum absolute atomic E-state index is 0.0201. The van der Waals surface area contributed by atoms with Gasteiger partial charge in [0.2, 0.25) is 5.91 Å². The molecule has 84 valence electrons. The van der Waals surface area contributed by atoms with Gasteiger partial charge in [-0.15, -0.1) is 11.6 Å². The number of amides is 1. The van der Waals surface area contributed by atoms with Crippen LogP contribution in [-0.4, -0.2) is 21.6 Å². The molecular weight excluding hydrogens is 214 g/mol. The predicted molar refractivity (Wildman–Crippen MR) is 59.7 cm³/mol. The number of aromatic nitrogens is 2. The van der Waals surface area contributed by atoms with Crippen molar-refractivity contribution in [3.63, 3.8) is 0 Å².